The molecule has 1 N–H and O–H groups in total. The molecule has 168 valence electrons. The molecule has 0 aliphatic heterocycles. The van der Waals surface area contributed by atoms with Crippen molar-refractivity contribution in [1.82, 2.24) is 20.1 Å². The van der Waals surface area contributed by atoms with Crippen LogP contribution in [-0.4, -0.2) is 40.1 Å². The highest BCUT2D eigenvalue weighted by atomic mass is 32.2. The van der Waals surface area contributed by atoms with Gasteiger partial charge in [-0.3, -0.25) is 9.36 Å². The molecule has 0 aliphatic rings. The topological polar surface area (TPSA) is 69.0 Å². The molecule has 3 aromatic carbocycles. The first-order valence-electron chi connectivity index (χ1n) is 10.7. The van der Waals surface area contributed by atoms with E-state index in [4.69, 9.17) is 4.74 Å². The van der Waals surface area contributed by atoms with Crippen LogP contribution >= 0.6 is 11.8 Å². The monoisotopic (exact) mass is 458 g/mol. The van der Waals surface area contributed by atoms with Crippen LogP contribution < -0.4 is 10.1 Å². The Kier molecular flexibility index (Phi) is 7.42. The van der Waals surface area contributed by atoms with Crippen molar-refractivity contribution in [2.24, 2.45) is 0 Å². The minimum absolute atomic E-state index is 0.0467. The number of aryl methyl sites for hydroxylation is 1. The van der Waals surface area contributed by atoms with Gasteiger partial charge in [0.2, 0.25) is 5.91 Å². The molecule has 0 fully saturated rings. The van der Waals surface area contributed by atoms with Crippen LogP contribution in [0.25, 0.3) is 17.1 Å². The Labute approximate surface area is 198 Å². The Morgan fingerprint density at radius 1 is 0.970 bits per heavy atom. The number of ether oxygens (including phenoxy) is 1. The smallest absolute Gasteiger partial charge is 0.230 e. The zero-order valence-electron chi connectivity index (χ0n) is 18.7. The molecule has 1 heterocycles. The lowest BCUT2D eigenvalue weighted by Crippen LogP contribution is -2.27. The van der Waals surface area contributed by atoms with E-state index >= 15 is 0 Å². The maximum Gasteiger partial charge on any atom is 0.230 e. The second-order valence-electron chi connectivity index (χ2n) is 7.54. The second kappa shape index (κ2) is 10.8. The summed E-state index contributed by atoms with van der Waals surface area (Å²) < 4.78 is 7.38. The number of aromatic nitrogens is 3. The Morgan fingerprint density at radius 3 is 2.45 bits per heavy atom. The average molecular weight is 459 g/mol. The predicted molar refractivity (Wildman–Crippen MR) is 132 cm³/mol. The lowest BCUT2D eigenvalue weighted by atomic mass is 10.1. The van der Waals surface area contributed by atoms with Crippen LogP contribution in [0.3, 0.4) is 0 Å². The van der Waals surface area contributed by atoms with Gasteiger partial charge in [0.1, 0.15) is 5.75 Å². The molecule has 0 unspecified atom stereocenters. The maximum atomic E-state index is 12.5. The summed E-state index contributed by atoms with van der Waals surface area (Å²) in [4.78, 5) is 12.5. The van der Waals surface area contributed by atoms with Crippen LogP contribution in [-0.2, 0) is 11.2 Å². The lowest BCUT2D eigenvalue weighted by Gasteiger charge is -2.11. The normalized spacial score (nSPS) is 10.7. The highest BCUT2D eigenvalue weighted by molar-refractivity contribution is 7.99. The molecular formula is C26H26N4O2S. The van der Waals surface area contributed by atoms with E-state index < -0.39 is 0 Å². The number of hydrogen-bond acceptors (Lipinski definition) is 5. The summed E-state index contributed by atoms with van der Waals surface area (Å²) in [5.74, 6) is 1.79. The van der Waals surface area contributed by atoms with E-state index in [0.29, 0.717) is 18.1 Å². The molecule has 7 heteroatoms. The van der Waals surface area contributed by atoms with Gasteiger partial charge in [-0.1, -0.05) is 78.0 Å². The fourth-order valence-corrected chi connectivity index (χ4v) is 4.27. The molecule has 0 aliphatic carbocycles. The van der Waals surface area contributed by atoms with E-state index in [2.05, 4.69) is 34.6 Å². The van der Waals surface area contributed by atoms with Gasteiger partial charge in [-0.25, -0.2) is 0 Å². The first-order chi connectivity index (χ1) is 16.2. The fourth-order valence-electron chi connectivity index (χ4n) is 3.49. The predicted octanol–water partition coefficient (Wildman–Crippen LogP) is 4.70. The summed E-state index contributed by atoms with van der Waals surface area (Å²) in [6.07, 6.45) is 0.706. The molecule has 1 amide bonds. The van der Waals surface area contributed by atoms with Gasteiger partial charge in [0, 0.05) is 17.8 Å². The summed E-state index contributed by atoms with van der Waals surface area (Å²) in [7, 11) is 1.65. The first-order valence-corrected chi connectivity index (χ1v) is 11.7. The molecule has 0 spiro atoms. The van der Waals surface area contributed by atoms with E-state index in [1.165, 1.54) is 17.3 Å². The standard InChI is InChI=1S/C26H26N4O2S/c1-19-12-14-22(15-13-19)30-25(21-9-4-3-5-10-21)28-29-26(30)33-18-24(31)27-17-16-20-8-6-7-11-23(20)32-2/h3-15H,16-18H2,1-2H3,(H,27,31). The molecule has 1 aromatic heterocycles. The van der Waals surface area contributed by atoms with E-state index in [0.717, 1.165) is 28.4 Å². The molecule has 0 saturated carbocycles. The average Bonchev–Trinajstić information content (AvgIpc) is 3.28. The Balaban J connectivity index is 1.45. The highest BCUT2D eigenvalue weighted by Gasteiger charge is 2.17. The summed E-state index contributed by atoms with van der Waals surface area (Å²) in [6, 6.07) is 26.0. The zero-order chi connectivity index (χ0) is 23.0. The van der Waals surface area contributed by atoms with Crippen molar-refractivity contribution < 1.29 is 9.53 Å². The van der Waals surface area contributed by atoms with Crippen LogP contribution in [0.2, 0.25) is 0 Å². The van der Waals surface area contributed by atoms with Crippen molar-refractivity contribution in [3.63, 3.8) is 0 Å². The number of nitrogens with zero attached hydrogens (tertiary/aromatic N) is 3. The third kappa shape index (κ3) is 5.62. The summed E-state index contributed by atoms with van der Waals surface area (Å²) >= 11 is 1.38. The highest BCUT2D eigenvalue weighted by Crippen LogP contribution is 2.28. The van der Waals surface area contributed by atoms with Crippen LogP contribution in [0.1, 0.15) is 11.1 Å². The van der Waals surface area contributed by atoms with Crippen molar-refractivity contribution in [3.05, 3.63) is 90.0 Å². The van der Waals surface area contributed by atoms with Crippen molar-refractivity contribution in [2.45, 2.75) is 18.5 Å². The van der Waals surface area contributed by atoms with E-state index in [1.807, 2.05) is 71.3 Å². The third-order valence-electron chi connectivity index (χ3n) is 5.20. The van der Waals surface area contributed by atoms with E-state index in [-0.39, 0.29) is 11.7 Å². The van der Waals surface area contributed by atoms with Crippen LogP contribution in [0.15, 0.2) is 84.0 Å². The second-order valence-corrected chi connectivity index (χ2v) is 8.49. The Hall–Kier alpha value is -3.58. The van der Waals surface area contributed by atoms with Gasteiger partial charge in [-0.15, -0.1) is 10.2 Å². The van der Waals surface area contributed by atoms with Gasteiger partial charge in [0.25, 0.3) is 0 Å². The van der Waals surface area contributed by atoms with Gasteiger partial charge in [-0.2, -0.15) is 0 Å². The number of benzene rings is 3. The molecule has 4 aromatic rings. The molecule has 6 nitrogen and oxygen atoms in total. The van der Waals surface area contributed by atoms with Crippen molar-refractivity contribution in [1.29, 1.82) is 0 Å². The summed E-state index contributed by atoms with van der Waals surface area (Å²) in [5, 5.41) is 12.5. The molecule has 0 bridgehead atoms. The summed E-state index contributed by atoms with van der Waals surface area (Å²) in [5.41, 5.74) is 4.18. The molecular weight excluding hydrogens is 432 g/mol. The van der Waals surface area contributed by atoms with Crippen LogP contribution in [0.5, 0.6) is 5.75 Å². The SMILES string of the molecule is COc1ccccc1CCNC(=O)CSc1nnc(-c2ccccc2)n1-c1ccc(C)cc1. The molecule has 4 rings (SSSR count). The Morgan fingerprint density at radius 2 is 1.70 bits per heavy atom. The number of hydrogen-bond donors (Lipinski definition) is 1. The largest absolute Gasteiger partial charge is 0.496 e. The van der Waals surface area contributed by atoms with Crippen molar-refractivity contribution in [3.8, 4) is 22.8 Å². The van der Waals surface area contributed by atoms with Gasteiger partial charge >= 0.3 is 0 Å². The maximum absolute atomic E-state index is 12.5. The van der Waals surface area contributed by atoms with Crippen LogP contribution in [0, 0.1) is 6.92 Å². The van der Waals surface area contributed by atoms with Gasteiger partial charge < -0.3 is 10.1 Å². The lowest BCUT2D eigenvalue weighted by molar-refractivity contribution is -0.118. The van der Waals surface area contributed by atoms with E-state index in [1.54, 1.807) is 7.11 Å². The number of carbonyl (C=O) groups excluding carboxylic acids is 1. The van der Waals surface area contributed by atoms with Crippen LogP contribution in [0.4, 0.5) is 0 Å². The third-order valence-corrected chi connectivity index (χ3v) is 6.13. The quantitative estimate of drug-likeness (QED) is 0.368. The van der Waals surface area contributed by atoms with Gasteiger partial charge in [0.15, 0.2) is 11.0 Å². The Bertz CT molecular complexity index is 1210. The number of carbonyl (C=O) groups is 1. The number of methoxy groups -OCH3 is 1. The number of para-hydroxylation sites is 1. The van der Waals surface area contributed by atoms with Gasteiger partial charge in [0.05, 0.1) is 12.9 Å². The molecule has 0 atom stereocenters. The number of nitrogens with one attached hydrogen (secondary N) is 1. The van der Waals surface area contributed by atoms with Crippen molar-refractivity contribution >= 4 is 17.7 Å². The van der Waals surface area contributed by atoms with Crippen molar-refractivity contribution in [2.75, 3.05) is 19.4 Å². The number of amides is 1. The molecule has 0 saturated heterocycles. The fraction of sp³-hybridized carbons (Fsp3) is 0.192. The number of thioether (sulfide) groups is 1. The zero-order valence-corrected chi connectivity index (χ0v) is 19.5. The summed E-state index contributed by atoms with van der Waals surface area (Å²) in [6.45, 7) is 2.60. The minimum Gasteiger partial charge on any atom is -0.496 e. The van der Waals surface area contributed by atoms with E-state index in [9.17, 15) is 4.79 Å². The number of rotatable bonds is 9. The first kappa shape index (κ1) is 22.6. The van der Waals surface area contributed by atoms with Gasteiger partial charge in [-0.05, 0) is 37.1 Å². The minimum atomic E-state index is -0.0467. The molecule has 33 heavy (non-hydrogen) atoms. The molecule has 0 radical (unpaired) electrons.